The van der Waals surface area contributed by atoms with E-state index in [1.807, 2.05) is 0 Å². The predicted octanol–water partition coefficient (Wildman–Crippen LogP) is 1.27. The number of para-hydroxylation sites is 1. The summed E-state index contributed by atoms with van der Waals surface area (Å²) in [6.45, 7) is 0. The summed E-state index contributed by atoms with van der Waals surface area (Å²) in [5.74, 6) is 1.13. The van der Waals surface area contributed by atoms with E-state index in [0.717, 1.165) is 4.90 Å². The van der Waals surface area contributed by atoms with Gasteiger partial charge in [-0.3, -0.25) is 4.79 Å². The Hall–Kier alpha value is -2.35. The van der Waals surface area contributed by atoms with Gasteiger partial charge in [-0.1, -0.05) is 12.1 Å². The minimum atomic E-state index is -0.771. The average Bonchev–Trinajstić information content (AvgIpc) is 2.57. The van der Waals surface area contributed by atoms with E-state index in [1.165, 1.54) is 18.2 Å². The number of urea groups is 1. The van der Waals surface area contributed by atoms with Crippen LogP contribution in [0.15, 0.2) is 24.3 Å². The number of hydrogen-bond acceptors (Lipinski definition) is 2. The number of carbonyl (C=O) groups excluding carboxylic acids is 2. The zero-order chi connectivity index (χ0) is 12.4. The molecule has 1 atom stereocenters. The molecule has 1 unspecified atom stereocenters. The van der Waals surface area contributed by atoms with Crippen LogP contribution in [0.4, 0.5) is 14.9 Å². The van der Waals surface area contributed by atoms with Crippen LogP contribution in [0.1, 0.15) is 6.42 Å². The van der Waals surface area contributed by atoms with Crippen molar-refractivity contribution in [1.29, 1.82) is 0 Å². The maximum Gasteiger partial charge on any atom is 0.329 e. The molecule has 1 heterocycles. The zero-order valence-electron chi connectivity index (χ0n) is 8.81. The summed E-state index contributed by atoms with van der Waals surface area (Å²) in [5, 5.41) is 2.41. The maximum absolute atomic E-state index is 13.5. The van der Waals surface area contributed by atoms with Gasteiger partial charge in [0.2, 0.25) is 0 Å². The molecule has 1 aliphatic heterocycles. The Bertz CT molecular complexity index is 521. The van der Waals surface area contributed by atoms with Gasteiger partial charge in [0.05, 0.1) is 5.69 Å². The Morgan fingerprint density at radius 2 is 2.12 bits per heavy atom. The summed E-state index contributed by atoms with van der Waals surface area (Å²) in [4.78, 5) is 24.2. The Morgan fingerprint density at radius 3 is 2.76 bits per heavy atom. The van der Waals surface area contributed by atoms with Crippen LogP contribution in [-0.4, -0.2) is 18.0 Å². The fraction of sp³-hybridized carbons (Fsp3) is 0.167. The van der Waals surface area contributed by atoms with Crippen LogP contribution in [0.3, 0.4) is 0 Å². The molecule has 2 rings (SSSR count). The first-order valence-corrected chi connectivity index (χ1v) is 4.97. The Kier molecular flexibility index (Phi) is 2.79. The molecule has 1 N–H and O–H groups in total. The number of rotatable bonds is 2. The minimum absolute atomic E-state index is 0.0606. The molecule has 1 aliphatic rings. The standard InChI is InChI=1S/C12H9FN2O2/c1-2-5-9-11(16)15(12(17)14-9)10-7-4-3-6-8(10)13/h1,3-4,6-7,9H,5H2,(H,14,17). The third-order valence-electron chi connectivity index (χ3n) is 2.43. The zero-order valence-corrected chi connectivity index (χ0v) is 8.81. The smallest absolute Gasteiger partial charge is 0.324 e. The van der Waals surface area contributed by atoms with E-state index in [1.54, 1.807) is 6.07 Å². The van der Waals surface area contributed by atoms with E-state index in [0.29, 0.717) is 0 Å². The van der Waals surface area contributed by atoms with Gasteiger partial charge in [-0.2, -0.15) is 0 Å². The van der Waals surface area contributed by atoms with Crippen LogP contribution in [0.5, 0.6) is 0 Å². The third kappa shape index (κ3) is 1.85. The molecule has 0 spiro atoms. The van der Waals surface area contributed by atoms with Gasteiger partial charge in [0.15, 0.2) is 0 Å². The molecule has 4 nitrogen and oxygen atoms in total. The van der Waals surface area contributed by atoms with Gasteiger partial charge in [0.1, 0.15) is 11.9 Å². The molecule has 86 valence electrons. The van der Waals surface area contributed by atoms with Crippen LogP contribution in [0, 0.1) is 18.2 Å². The number of carbonyl (C=O) groups is 2. The molecule has 1 saturated heterocycles. The van der Waals surface area contributed by atoms with Crippen molar-refractivity contribution in [3.63, 3.8) is 0 Å². The van der Waals surface area contributed by atoms with Crippen LogP contribution in [0.2, 0.25) is 0 Å². The van der Waals surface area contributed by atoms with Gasteiger partial charge in [0.25, 0.3) is 5.91 Å². The number of amides is 3. The molecule has 1 aromatic rings. The van der Waals surface area contributed by atoms with E-state index >= 15 is 0 Å². The summed E-state index contributed by atoms with van der Waals surface area (Å²) >= 11 is 0. The molecule has 1 fully saturated rings. The van der Waals surface area contributed by atoms with Crippen molar-refractivity contribution in [2.45, 2.75) is 12.5 Å². The maximum atomic E-state index is 13.5. The first kappa shape index (κ1) is 11.1. The highest BCUT2D eigenvalue weighted by Gasteiger charge is 2.39. The van der Waals surface area contributed by atoms with Crippen LogP contribution >= 0.6 is 0 Å². The van der Waals surface area contributed by atoms with Gasteiger partial charge in [-0.15, -0.1) is 12.3 Å². The number of nitrogens with one attached hydrogen (secondary N) is 1. The predicted molar refractivity (Wildman–Crippen MR) is 59.7 cm³/mol. The fourth-order valence-corrected chi connectivity index (χ4v) is 1.65. The lowest BCUT2D eigenvalue weighted by Gasteiger charge is -2.13. The number of halogens is 1. The van der Waals surface area contributed by atoms with Gasteiger partial charge >= 0.3 is 6.03 Å². The van der Waals surface area contributed by atoms with Gasteiger partial charge < -0.3 is 5.32 Å². The molecule has 3 amide bonds. The Labute approximate surface area is 97.4 Å². The monoisotopic (exact) mass is 232 g/mol. The highest BCUT2D eigenvalue weighted by Crippen LogP contribution is 2.23. The molecule has 1 aromatic carbocycles. The lowest BCUT2D eigenvalue weighted by molar-refractivity contribution is -0.118. The molecule has 0 aliphatic carbocycles. The number of benzene rings is 1. The topological polar surface area (TPSA) is 49.4 Å². The second kappa shape index (κ2) is 4.26. The molecular formula is C12H9FN2O2. The van der Waals surface area contributed by atoms with Crippen LogP contribution in [0.25, 0.3) is 0 Å². The third-order valence-corrected chi connectivity index (χ3v) is 2.43. The van der Waals surface area contributed by atoms with Crippen LogP contribution in [-0.2, 0) is 4.79 Å². The van der Waals surface area contributed by atoms with Crippen LogP contribution < -0.4 is 10.2 Å². The molecule has 17 heavy (non-hydrogen) atoms. The van der Waals surface area contributed by atoms with Crippen molar-refractivity contribution in [3.05, 3.63) is 30.1 Å². The molecule has 5 heteroatoms. The molecule has 0 bridgehead atoms. The summed E-state index contributed by atoms with van der Waals surface area (Å²) in [7, 11) is 0. The van der Waals surface area contributed by atoms with Crippen molar-refractivity contribution in [2.24, 2.45) is 0 Å². The van der Waals surface area contributed by atoms with Gasteiger partial charge in [-0.25, -0.2) is 14.1 Å². The summed E-state index contributed by atoms with van der Waals surface area (Å²) in [6, 6.07) is 4.16. The van der Waals surface area contributed by atoms with Crippen molar-refractivity contribution in [3.8, 4) is 12.3 Å². The van der Waals surface area contributed by atoms with E-state index in [4.69, 9.17) is 6.42 Å². The van der Waals surface area contributed by atoms with Gasteiger partial charge in [-0.05, 0) is 12.1 Å². The van der Waals surface area contributed by atoms with E-state index in [2.05, 4.69) is 11.2 Å². The SMILES string of the molecule is C#CCC1NC(=O)N(c2ccccc2F)C1=O. The Morgan fingerprint density at radius 1 is 1.41 bits per heavy atom. The highest BCUT2D eigenvalue weighted by atomic mass is 19.1. The second-order valence-corrected chi connectivity index (χ2v) is 3.54. The molecule has 0 aromatic heterocycles. The van der Waals surface area contributed by atoms with Crippen molar-refractivity contribution in [2.75, 3.05) is 4.90 Å². The first-order valence-electron chi connectivity index (χ1n) is 4.97. The minimum Gasteiger partial charge on any atom is -0.324 e. The molecular weight excluding hydrogens is 223 g/mol. The lowest BCUT2D eigenvalue weighted by Crippen LogP contribution is -2.31. The average molecular weight is 232 g/mol. The molecule has 0 radical (unpaired) electrons. The molecule has 0 saturated carbocycles. The van der Waals surface area contributed by atoms with Crippen molar-refractivity contribution < 1.29 is 14.0 Å². The highest BCUT2D eigenvalue weighted by molar-refractivity contribution is 6.21. The Balaban J connectivity index is 2.35. The number of nitrogens with zero attached hydrogens (tertiary/aromatic N) is 1. The van der Waals surface area contributed by atoms with E-state index < -0.39 is 23.8 Å². The lowest BCUT2D eigenvalue weighted by atomic mass is 10.2. The van der Waals surface area contributed by atoms with E-state index in [-0.39, 0.29) is 12.1 Å². The number of terminal acetylenes is 1. The largest absolute Gasteiger partial charge is 0.329 e. The number of imide groups is 1. The quantitative estimate of drug-likeness (QED) is 0.616. The van der Waals surface area contributed by atoms with Crippen molar-refractivity contribution in [1.82, 2.24) is 5.32 Å². The fourth-order valence-electron chi connectivity index (χ4n) is 1.65. The van der Waals surface area contributed by atoms with Crippen molar-refractivity contribution >= 4 is 17.6 Å². The summed E-state index contributed by atoms with van der Waals surface area (Å²) in [5.41, 5.74) is -0.0606. The first-order chi connectivity index (χ1) is 8.15. The van der Waals surface area contributed by atoms with Gasteiger partial charge in [0, 0.05) is 6.42 Å². The number of hydrogen-bond donors (Lipinski definition) is 1. The van der Waals surface area contributed by atoms with E-state index in [9.17, 15) is 14.0 Å². The second-order valence-electron chi connectivity index (χ2n) is 3.54. The summed E-state index contributed by atoms with van der Waals surface area (Å²) in [6.07, 6.45) is 5.18. The summed E-state index contributed by atoms with van der Waals surface area (Å²) < 4.78 is 13.5. The normalized spacial score (nSPS) is 19.1. The number of anilines is 1.